The molecular formula is C10H11ClO2. The van der Waals surface area contributed by atoms with Crippen LogP contribution < -0.4 is 9.47 Å². The summed E-state index contributed by atoms with van der Waals surface area (Å²) < 4.78 is 10.5. The van der Waals surface area contributed by atoms with Crippen LogP contribution in [0.4, 0.5) is 0 Å². The molecule has 0 spiro atoms. The van der Waals surface area contributed by atoms with Crippen LogP contribution in [-0.2, 0) is 6.42 Å². The summed E-state index contributed by atoms with van der Waals surface area (Å²) in [6.45, 7) is 2.41. The zero-order chi connectivity index (χ0) is 9.26. The highest BCUT2D eigenvalue weighted by molar-refractivity contribution is 6.33. The van der Waals surface area contributed by atoms with Gasteiger partial charge in [0.15, 0.2) is 11.5 Å². The Labute approximate surface area is 82.4 Å². The van der Waals surface area contributed by atoms with E-state index in [2.05, 4.69) is 6.92 Å². The van der Waals surface area contributed by atoms with Crippen LogP contribution in [0.15, 0.2) is 12.1 Å². The predicted octanol–water partition coefficient (Wildman–Crippen LogP) is 3.02. The maximum atomic E-state index is 6.13. The van der Waals surface area contributed by atoms with E-state index in [4.69, 9.17) is 21.1 Å². The molecule has 1 aromatic carbocycles. The van der Waals surface area contributed by atoms with Crippen molar-refractivity contribution in [2.24, 2.45) is 0 Å². The standard InChI is InChI=1S/C10H11ClO2/c1-2-3-7-4-5-8-10(9(7)11)13-6-12-8/h4-5H,2-3,6H2,1H3. The van der Waals surface area contributed by atoms with Crippen LogP contribution in [0.5, 0.6) is 11.5 Å². The summed E-state index contributed by atoms with van der Waals surface area (Å²) in [7, 11) is 0. The summed E-state index contributed by atoms with van der Waals surface area (Å²) in [4.78, 5) is 0. The first-order valence-electron chi connectivity index (χ1n) is 4.40. The second kappa shape index (κ2) is 3.46. The van der Waals surface area contributed by atoms with Gasteiger partial charge in [-0.3, -0.25) is 0 Å². The number of rotatable bonds is 2. The van der Waals surface area contributed by atoms with E-state index < -0.39 is 0 Å². The molecule has 2 rings (SSSR count). The molecule has 0 amide bonds. The zero-order valence-corrected chi connectivity index (χ0v) is 8.23. The first kappa shape index (κ1) is 8.70. The van der Waals surface area contributed by atoms with Gasteiger partial charge in [-0.05, 0) is 18.1 Å². The zero-order valence-electron chi connectivity index (χ0n) is 7.47. The highest BCUT2D eigenvalue weighted by Crippen LogP contribution is 2.40. The normalized spacial score (nSPS) is 13.4. The lowest BCUT2D eigenvalue weighted by Gasteiger charge is -2.04. The maximum Gasteiger partial charge on any atom is 0.231 e. The smallest absolute Gasteiger partial charge is 0.231 e. The van der Waals surface area contributed by atoms with Gasteiger partial charge in [-0.15, -0.1) is 0 Å². The minimum Gasteiger partial charge on any atom is -0.454 e. The van der Waals surface area contributed by atoms with Gasteiger partial charge in [0, 0.05) is 0 Å². The molecule has 1 aromatic rings. The first-order valence-corrected chi connectivity index (χ1v) is 4.77. The van der Waals surface area contributed by atoms with Crippen molar-refractivity contribution in [3.8, 4) is 11.5 Å². The Morgan fingerprint density at radius 3 is 3.00 bits per heavy atom. The summed E-state index contributed by atoms with van der Waals surface area (Å²) in [6.07, 6.45) is 2.06. The monoisotopic (exact) mass is 198 g/mol. The molecule has 1 aliphatic rings. The second-order valence-electron chi connectivity index (χ2n) is 3.02. The number of hydrogen-bond acceptors (Lipinski definition) is 2. The van der Waals surface area contributed by atoms with Crippen molar-refractivity contribution < 1.29 is 9.47 Å². The van der Waals surface area contributed by atoms with Crippen LogP contribution in [0.2, 0.25) is 5.02 Å². The molecule has 0 aromatic heterocycles. The predicted molar refractivity (Wildman–Crippen MR) is 51.6 cm³/mol. The minimum atomic E-state index is 0.282. The van der Waals surface area contributed by atoms with Crippen molar-refractivity contribution in [3.05, 3.63) is 22.7 Å². The quantitative estimate of drug-likeness (QED) is 0.728. The Kier molecular flexibility index (Phi) is 2.32. The van der Waals surface area contributed by atoms with E-state index >= 15 is 0 Å². The molecule has 0 aliphatic carbocycles. The fourth-order valence-electron chi connectivity index (χ4n) is 1.44. The molecule has 0 bridgehead atoms. The molecule has 0 saturated carbocycles. The lowest BCUT2D eigenvalue weighted by molar-refractivity contribution is 0.174. The number of benzene rings is 1. The molecule has 0 atom stereocenters. The Morgan fingerprint density at radius 2 is 2.23 bits per heavy atom. The molecule has 13 heavy (non-hydrogen) atoms. The average molecular weight is 199 g/mol. The average Bonchev–Trinajstić information content (AvgIpc) is 2.58. The molecular weight excluding hydrogens is 188 g/mol. The van der Waals surface area contributed by atoms with Gasteiger partial charge in [0.1, 0.15) is 0 Å². The van der Waals surface area contributed by atoms with Crippen molar-refractivity contribution in [2.45, 2.75) is 19.8 Å². The van der Waals surface area contributed by atoms with E-state index in [1.54, 1.807) is 0 Å². The van der Waals surface area contributed by atoms with Gasteiger partial charge in [0.2, 0.25) is 6.79 Å². The van der Waals surface area contributed by atoms with Crippen LogP contribution in [0, 0.1) is 0 Å². The third-order valence-corrected chi connectivity index (χ3v) is 2.49. The van der Waals surface area contributed by atoms with Crippen LogP contribution in [-0.4, -0.2) is 6.79 Å². The fourth-order valence-corrected chi connectivity index (χ4v) is 1.75. The topological polar surface area (TPSA) is 18.5 Å². The first-order chi connectivity index (χ1) is 6.33. The van der Waals surface area contributed by atoms with Crippen molar-refractivity contribution in [2.75, 3.05) is 6.79 Å². The molecule has 1 heterocycles. The Balaban J connectivity index is 2.40. The highest BCUT2D eigenvalue weighted by Gasteiger charge is 2.18. The third kappa shape index (κ3) is 1.46. The van der Waals surface area contributed by atoms with Crippen molar-refractivity contribution in [1.82, 2.24) is 0 Å². The Bertz CT molecular complexity index is 323. The molecule has 0 radical (unpaired) electrons. The Morgan fingerprint density at radius 1 is 1.38 bits per heavy atom. The summed E-state index contributed by atoms with van der Waals surface area (Å²) in [6, 6.07) is 3.92. The second-order valence-corrected chi connectivity index (χ2v) is 3.40. The summed E-state index contributed by atoms with van der Waals surface area (Å²) >= 11 is 6.13. The van der Waals surface area contributed by atoms with Crippen LogP contribution in [0.1, 0.15) is 18.9 Å². The largest absolute Gasteiger partial charge is 0.454 e. The van der Waals surface area contributed by atoms with E-state index in [0.717, 1.165) is 24.2 Å². The number of ether oxygens (including phenoxy) is 2. The molecule has 0 saturated heterocycles. The number of halogens is 1. The van der Waals surface area contributed by atoms with E-state index in [9.17, 15) is 0 Å². The molecule has 0 unspecified atom stereocenters. The van der Waals surface area contributed by atoms with Crippen LogP contribution in [0.3, 0.4) is 0 Å². The molecule has 3 heteroatoms. The lowest BCUT2D eigenvalue weighted by atomic mass is 10.1. The van der Waals surface area contributed by atoms with E-state index in [1.807, 2.05) is 12.1 Å². The Hall–Kier alpha value is -0.890. The number of aryl methyl sites for hydroxylation is 1. The van der Waals surface area contributed by atoms with E-state index in [1.165, 1.54) is 0 Å². The molecule has 70 valence electrons. The molecule has 0 N–H and O–H groups in total. The van der Waals surface area contributed by atoms with Gasteiger partial charge < -0.3 is 9.47 Å². The van der Waals surface area contributed by atoms with Gasteiger partial charge >= 0.3 is 0 Å². The van der Waals surface area contributed by atoms with E-state index in [0.29, 0.717) is 10.8 Å². The molecule has 2 nitrogen and oxygen atoms in total. The summed E-state index contributed by atoms with van der Waals surface area (Å²) in [5.41, 5.74) is 1.13. The van der Waals surface area contributed by atoms with E-state index in [-0.39, 0.29) is 6.79 Å². The lowest BCUT2D eigenvalue weighted by Crippen LogP contribution is -1.93. The fraction of sp³-hybridized carbons (Fsp3) is 0.400. The number of hydrogen-bond donors (Lipinski definition) is 0. The van der Waals surface area contributed by atoms with Gasteiger partial charge in [-0.25, -0.2) is 0 Å². The SMILES string of the molecule is CCCc1ccc2c(c1Cl)OCO2. The summed E-state index contributed by atoms with van der Waals surface area (Å²) in [5, 5.41) is 0.705. The van der Waals surface area contributed by atoms with Gasteiger partial charge in [-0.1, -0.05) is 31.0 Å². The highest BCUT2D eigenvalue weighted by atomic mass is 35.5. The van der Waals surface area contributed by atoms with Crippen molar-refractivity contribution in [3.63, 3.8) is 0 Å². The molecule has 0 fully saturated rings. The van der Waals surface area contributed by atoms with Crippen LogP contribution in [0.25, 0.3) is 0 Å². The number of fused-ring (bicyclic) bond motifs is 1. The van der Waals surface area contributed by atoms with Gasteiger partial charge in [-0.2, -0.15) is 0 Å². The summed E-state index contributed by atoms with van der Waals surface area (Å²) in [5.74, 6) is 1.46. The maximum absolute atomic E-state index is 6.13. The van der Waals surface area contributed by atoms with Crippen molar-refractivity contribution in [1.29, 1.82) is 0 Å². The van der Waals surface area contributed by atoms with Crippen LogP contribution >= 0.6 is 11.6 Å². The minimum absolute atomic E-state index is 0.282. The van der Waals surface area contributed by atoms with Crippen molar-refractivity contribution >= 4 is 11.6 Å². The third-order valence-electron chi connectivity index (χ3n) is 2.08. The van der Waals surface area contributed by atoms with Gasteiger partial charge in [0.05, 0.1) is 5.02 Å². The molecule has 1 aliphatic heterocycles. The van der Waals surface area contributed by atoms with Gasteiger partial charge in [0.25, 0.3) is 0 Å².